The van der Waals surface area contributed by atoms with Gasteiger partial charge in [0.05, 0.1) is 0 Å². The summed E-state index contributed by atoms with van der Waals surface area (Å²) in [4.78, 5) is 0. The molecule has 0 saturated heterocycles. The van der Waals surface area contributed by atoms with Gasteiger partial charge in [0.2, 0.25) is 0 Å². The van der Waals surface area contributed by atoms with Crippen molar-refractivity contribution in [2.75, 3.05) is 12.5 Å². The van der Waals surface area contributed by atoms with Gasteiger partial charge in [-0.2, -0.15) is 8.42 Å². The van der Waals surface area contributed by atoms with Gasteiger partial charge in [-0.15, -0.1) is 9.06 Å². The monoisotopic (exact) mass is 234 g/mol. The Morgan fingerprint density at radius 3 is 2.07 bits per heavy atom. The molecule has 0 saturated carbocycles. The SMILES string of the molecule is CS(C)(Cc1ccccc1)S(=O)(=O)O. The molecule has 0 spiro atoms. The Hall–Kier alpha value is -0.520. The van der Waals surface area contributed by atoms with Crippen LogP contribution in [0.3, 0.4) is 0 Å². The van der Waals surface area contributed by atoms with Gasteiger partial charge < -0.3 is 0 Å². The molecular weight excluding hydrogens is 220 g/mol. The number of hydrogen-bond donors (Lipinski definition) is 1. The molecule has 0 bridgehead atoms. The molecule has 14 heavy (non-hydrogen) atoms. The zero-order valence-corrected chi connectivity index (χ0v) is 9.81. The van der Waals surface area contributed by atoms with Crippen LogP contribution in [-0.4, -0.2) is 25.5 Å². The van der Waals surface area contributed by atoms with Crippen molar-refractivity contribution in [3.05, 3.63) is 35.9 Å². The molecule has 0 aliphatic heterocycles. The van der Waals surface area contributed by atoms with Crippen LogP contribution >= 0.6 is 9.06 Å². The molecule has 0 aliphatic carbocycles. The summed E-state index contributed by atoms with van der Waals surface area (Å²) in [6.45, 7) is 0. The minimum atomic E-state index is -3.92. The molecule has 0 aliphatic rings. The number of benzene rings is 1. The maximum atomic E-state index is 11.0. The van der Waals surface area contributed by atoms with Crippen molar-refractivity contribution >= 4 is 18.2 Å². The van der Waals surface area contributed by atoms with Crippen molar-refractivity contribution in [2.24, 2.45) is 0 Å². The second-order valence-corrected chi connectivity index (χ2v) is 11.5. The van der Waals surface area contributed by atoms with Crippen molar-refractivity contribution in [3.8, 4) is 0 Å². The van der Waals surface area contributed by atoms with Gasteiger partial charge in [0.15, 0.2) is 0 Å². The molecule has 1 aromatic carbocycles. The predicted molar refractivity (Wildman–Crippen MR) is 61.1 cm³/mol. The highest BCUT2D eigenvalue weighted by molar-refractivity contribution is 8.87. The normalized spacial score (nSPS) is 13.9. The lowest BCUT2D eigenvalue weighted by Gasteiger charge is -2.26. The Morgan fingerprint density at radius 1 is 1.14 bits per heavy atom. The highest BCUT2D eigenvalue weighted by Crippen LogP contribution is 2.48. The van der Waals surface area contributed by atoms with Gasteiger partial charge in [-0.3, -0.25) is 4.55 Å². The lowest BCUT2D eigenvalue weighted by atomic mass is 10.2. The van der Waals surface area contributed by atoms with Crippen LogP contribution in [0.5, 0.6) is 0 Å². The predicted octanol–water partition coefficient (Wildman–Crippen LogP) is 2.05. The first-order valence-corrected chi connectivity index (χ1v) is 8.63. The summed E-state index contributed by atoms with van der Waals surface area (Å²) in [5, 5.41) is 0. The zero-order valence-electron chi connectivity index (χ0n) is 8.17. The molecule has 0 unspecified atom stereocenters. The van der Waals surface area contributed by atoms with Crippen molar-refractivity contribution in [2.45, 2.75) is 5.75 Å². The molecule has 0 atom stereocenters. The second kappa shape index (κ2) is 3.92. The van der Waals surface area contributed by atoms with E-state index in [9.17, 15) is 8.42 Å². The smallest absolute Gasteiger partial charge is 0.278 e. The zero-order chi connectivity index (χ0) is 10.8. The summed E-state index contributed by atoms with van der Waals surface area (Å²) < 4.78 is 31.1. The molecule has 0 heterocycles. The van der Waals surface area contributed by atoms with Crippen LogP contribution in [0, 0.1) is 0 Å². The van der Waals surface area contributed by atoms with Crippen molar-refractivity contribution in [3.63, 3.8) is 0 Å². The highest BCUT2D eigenvalue weighted by Gasteiger charge is 2.26. The largest absolute Gasteiger partial charge is 0.302 e. The number of hydrogen-bond acceptors (Lipinski definition) is 2. The third kappa shape index (κ3) is 2.73. The van der Waals surface area contributed by atoms with E-state index in [1.54, 1.807) is 12.5 Å². The molecule has 1 rings (SSSR count). The molecule has 5 heteroatoms. The Kier molecular flexibility index (Phi) is 3.24. The van der Waals surface area contributed by atoms with Crippen molar-refractivity contribution < 1.29 is 13.0 Å². The fourth-order valence-electron chi connectivity index (χ4n) is 1.05. The van der Waals surface area contributed by atoms with Gasteiger partial charge >= 0.3 is 9.15 Å². The molecular formula is C9H14O3S2. The summed E-state index contributed by atoms with van der Waals surface area (Å²) in [5.41, 5.74) is 0.935. The van der Waals surface area contributed by atoms with E-state index in [0.29, 0.717) is 5.75 Å². The highest BCUT2D eigenvalue weighted by atomic mass is 33.2. The van der Waals surface area contributed by atoms with E-state index < -0.39 is 18.2 Å². The van der Waals surface area contributed by atoms with E-state index in [1.165, 1.54) is 0 Å². The third-order valence-electron chi connectivity index (χ3n) is 1.93. The topological polar surface area (TPSA) is 54.4 Å². The Bertz CT molecular complexity index is 395. The summed E-state index contributed by atoms with van der Waals surface area (Å²) in [6, 6.07) is 9.31. The molecule has 0 aromatic heterocycles. The maximum absolute atomic E-state index is 11.0. The van der Waals surface area contributed by atoms with Gasteiger partial charge in [-0.25, -0.2) is 0 Å². The molecule has 0 amide bonds. The summed E-state index contributed by atoms with van der Waals surface area (Å²) in [5.74, 6) is 0.396. The lowest BCUT2D eigenvalue weighted by Crippen LogP contribution is -2.11. The van der Waals surface area contributed by atoms with Gasteiger partial charge in [-0.05, 0) is 18.1 Å². The minimum Gasteiger partial charge on any atom is -0.278 e. The quantitative estimate of drug-likeness (QED) is 0.643. The number of rotatable bonds is 3. The Labute approximate surface area is 85.6 Å². The van der Waals surface area contributed by atoms with Crippen LogP contribution in [0.25, 0.3) is 0 Å². The van der Waals surface area contributed by atoms with Crippen LogP contribution in [0.4, 0.5) is 0 Å². The van der Waals surface area contributed by atoms with E-state index >= 15 is 0 Å². The lowest BCUT2D eigenvalue weighted by molar-refractivity contribution is 0.502. The maximum Gasteiger partial charge on any atom is 0.302 e. The first kappa shape index (κ1) is 11.6. The van der Waals surface area contributed by atoms with Crippen molar-refractivity contribution in [1.29, 1.82) is 0 Å². The molecule has 3 nitrogen and oxygen atoms in total. The van der Waals surface area contributed by atoms with Crippen LogP contribution in [0.15, 0.2) is 30.3 Å². The van der Waals surface area contributed by atoms with Crippen LogP contribution in [-0.2, 0) is 14.9 Å². The minimum absolute atomic E-state index is 0.396. The fraction of sp³-hybridized carbons (Fsp3) is 0.333. The first-order valence-electron chi connectivity index (χ1n) is 4.05. The van der Waals surface area contributed by atoms with Gasteiger partial charge in [0.1, 0.15) is 0 Å². The summed E-state index contributed by atoms with van der Waals surface area (Å²) in [6.07, 6.45) is 3.19. The summed E-state index contributed by atoms with van der Waals surface area (Å²) >= 11 is 0. The van der Waals surface area contributed by atoms with E-state index in [-0.39, 0.29) is 0 Å². The Balaban J connectivity index is 2.90. The summed E-state index contributed by atoms with van der Waals surface area (Å²) in [7, 11) is -5.94. The average Bonchev–Trinajstić information content (AvgIpc) is 2.03. The molecule has 0 fully saturated rings. The fourth-order valence-corrected chi connectivity index (χ4v) is 3.05. The molecule has 80 valence electrons. The molecule has 1 aromatic rings. The average molecular weight is 234 g/mol. The first-order chi connectivity index (χ1) is 6.33. The van der Waals surface area contributed by atoms with Crippen LogP contribution in [0.2, 0.25) is 0 Å². The van der Waals surface area contributed by atoms with E-state index in [1.807, 2.05) is 30.3 Å². The van der Waals surface area contributed by atoms with Crippen LogP contribution in [0.1, 0.15) is 5.56 Å². The van der Waals surface area contributed by atoms with Gasteiger partial charge in [0.25, 0.3) is 0 Å². The Morgan fingerprint density at radius 2 is 1.64 bits per heavy atom. The van der Waals surface area contributed by atoms with Crippen molar-refractivity contribution in [1.82, 2.24) is 0 Å². The van der Waals surface area contributed by atoms with E-state index in [0.717, 1.165) is 5.56 Å². The van der Waals surface area contributed by atoms with E-state index in [4.69, 9.17) is 4.55 Å². The van der Waals surface area contributed by atoms with Gasteiger partial charge in [0, 0.05) is 5.75 Å². The van der Waals surface area contributed by atoms with Crippen LogP contribution < -0.4 is 0 Å². The van der Waals surface area contributed by atoms with Gasteiger partial charge in [-0.1, -0.05) is 30.3 Å². The molecule has 0 radical (unpaired) electrons. The third-order valence-corrected chi connectivity index (χ3v) is 7.87. The van der Waals surface area contributed by atoms with E-state index in [2.05, 4.69) is 0 Å². The second-order valence-electron chi connectivity index (χ2n) is 3.49. The molecule has 1 N–H and O–H groups in total. The standard InChI is InChI=1S/C9H14O3S2/c1-13(2,14(10,11)12)8-9-6-4-3-5-7-9/h3-7H,8H2,1-2H3,(H,10,11,12).